The molecule has 1 fully saturated rings. The van der Waals surface area contributed by atoms with Gasteiger partial charge in [-0.25, -0.2) is 0 Å². The van der Waals surface area contributed by atoms with Crippen LogP contribution in [-0.4, -0.2) is 106 Å². The van der Waals surface area contributed by atoms with Gasteiger partial charge in [-0.05, 0) is 45.8 Å². The van der Waals surface area contributed by atoms with Crippen molar-refractivity contribution in [2.24, 2.45) is 0 Å². The molecule has 1 atom stereocenters. The number of carboxylic acid groups (broad SMARTS) is 3. The fraction of sp³-hybridized carbons (Fsp3) is 0.812. The van der Waals surface area contributed by atoms with Gasteiger partial charge in [-0.3, -0.25) is 29.1 Å². The highest BCUT2D eigenvalue weighted by molar-refractivity contribution is 5.69. The summed E-state index contributed by atoms with van der Waals surface area (Å²) in [5.74, 6) is -2.70. The van der Waals surface area contributed by atoms with E-state index in [0.29, 0.717) is 52.0 Å². The van der Waals surface area contributed by atoms with Crippen LogP contribution in [0.4, 0.5) is 0 Å². The lowest BCUT2D eigenvalue weighted by molar-refractivity contribution is -0.139. The second-order valence-corrected chi connectivity index (χ2v) is 6.55. The van der Waals surface area contributed by atoms with Crippen LogP contribution in [0.15, 0.2) is 0 Å². The van der Waals surface area contributed by atoms with E-state index < -0.39 is 17.9 Å². The monoisotopic (exact) mass is 359 g/mol. The third-order valence-electron chi connectivity index (χ3n) is 4.41. The largest absolute Gasteiger partial charge is 0.480 e. The van der Waals surface area contributed by atoms with Crippen LogP contribution in [0.5, 0.6) is 0 Å². The van der Waals surface area contributed by atoms with Crippen molar-refractivity contribution in [3.8, 4) is 0 Å². The third kappa shape index (κ3) is 9.37. The predicted octanol–water partition coefficient (Wildman–Crippen LogP) is -0.281. The zero-order valence-electron chi connectivity index (χ0n) is 14.8. The molecule has 0 spiro atoms. The van der Waals surface area contributed by atoms with E-state index in [1.807, 2.05) is 21.6 Å². The molecule has 1 aliphatic rings. The van der Waals surface area contributed by atoms with Gasteiger partial charge in [0.15, 0.2) is 0 Å². The Hall–Kier alpha value is -1.71. The van der Waals surface area contributed by atoms with Crippen molar-refractivity contribution in [1.82, 2.24) is 14.7 Å². The molecule has 0 aromatic heterocycles. The summed E-state index contributed by atoms with van der Waals surface area (Å²) in [5.41, 5.74) is 0. The highest BCUT2D eigenvalue weighted by Gasteiger charge is 2.20. The van der Waals surface area contributed by atoms with Gasteiger partial charge in [-0.2, -0.15) is 0 Å². The first kappa shape index (κ1) is 21.3. The summed E-state index contributed by atoms with van der Waals surface area (Å²) in [5, 5.41) is 27.2. The summed E-state index contributed by atoms with van der Waals surface area (Å²) in [4.78, 5) is 38.6. The van der Waals surface area contributed by atoms with Crippen LogP contribution in [-0.2, 0) is 14.4 Å². The molecule has 1 aliphatic heterocycles. The zero-order chi connectivity index (χ0) is 18.8. The Morgan fingerprint density at radius 2 is 1.20 bits per heavy atom. The molecule has 0 radical (unpaired) electrons. The molecule has 0 saturated carbocycles. The minimum atomic E-state index is -0.899. The standard InChI is InChI=1S/C16H29N3O6/c1-13-4-9-18(11-15(22)23)6-2-5-17(10-14(20)21)7-3-8-19(13)12-16(24)25/h13H,2-12H2,1H3,(H,20,21)(H,22,23)(H,24,25). The quantitative estimate of drug-likeness (QED) is 0.587. The summed E-state index contributed by atoms with van der Waals surface area (Å²) < 4.78 is 0. The highest BCUT2D eigenvalue weighted by Crippen LogP contribution is 2.09. The number of hydrogen-bond donors (Lipinski definition) is 3. The van der Waals surface area contributed by atoms with Crippen molar-refractivity contribution in [2.45, 2.75) is 32.2 Å². The number of carboxylic acids is 3. The van der Waals surface area contributed by atoms with Crippen LogP contribution in [0.2, 0.25) is 0 Å². The molecule has 9 nitrogen and oxygen atoms in total. The van der Waals surface area contributed by atoms with Crippen molar-refractivity contribution in [3.63, 3.8) is 0 Å². The minimum Gasteiger partial charge on any atom is -0.480 e. The molecule has 25 heavy (non-hydrogen) atoms. The van der Waals surface area contributed by atoms with Gasteiger partial charge in [0.2, 0.25) is 0 Å². The van der Waals surface area contributed by atoms with E-state index in [0.717, 1.165) is 0 Å². The maximum Gasteiger partial charge on any atom is 0.317 e. The lowest BCUT2D eigenvalue weighted by Gasteiger charge is -2.32. The summed E-state index contributed by atoms with van der Waals surface area (Å²) in [6, 6.07) is 0.0137. The van der Waals surface area contributed by atoms with Crippen molar-refractivity contribution in [1.29, 1.82) is 0 Å². The molecule has 0 bridgehead atoms. The van der Waals surface area contributed by atoms with Crippen LogP contribution in [0.3, 0.4) is 0 Å². The molecular weight excluding hydrogens is 330 g/mol. The van der Waals surface area contributed by atoms with E-state index >= 15 is 0 Å². The maximum atomic E-state index is 11.1. The molecule has 0 amide bonds. The van der Waals surface area contributed by atoms with Crippen LogP contribution < -0.4 is 0 Å². The maximum absolute atomic E-state index is 11.1. The van der Waals surface area contributed by atoms with Crippen molar-refractivity contribution in [2.75, 3.05) is 52.4 Å². The summed E-state index contributed by atoms with van der Waals surface area (Å²) >= 11 is 0. The second-order valence-electron chi connectivity index (χ2n) is 6.55. The van der Waals surface area contributed by atoms with Crippen LogP contribution in [0, 0.1) is 0 Å². The molecule has 9 heteroatoms. The van der Waals surface area contributed by atoms with Crippen molar-refractivity contribution >= 4 is 17.9 Å². The van der Waals surface area contributed by atoms with Crippen LogP contribution in [0.25, 0.3) is 0 Å². The Morgan fingerprint density at radius 1 is 0.760 bits per heavy atom. The number of hydrogen-bond acceptors (Lipinski definition) is 6. The topological polar surface area (TPSA) is 122 Å². The fourth-order valence-corrected chi connectivity index (χ4v) is 3.12. The van der Waals surface area contributed by atoms with Gasteiger partial charge in [-0.15, -0.1) is 0 Å². The summed E-state index contributed by atoms with van der Waals surface area (Å²) in [6.07, 6.45) is 2.09. The van der Waals surface area contributed by atoms with Gasteiger partial charge in [0.25, 0.3) is 0 Å². The number of nitrogens with zero attached hydrogens (tertiary/aromatic N) is 3. The number of carbonyl (C=O) groups is 3. The molecule has 0 aromatic rings. The molecule has 1 rings (SSSR count). The van der Waals surface area contributed by atoms with Gasteiger partial charge in [-0.1, -0.05) is 0 Å². The first-order valence-corrected chi connectivity index (χ1v) is 8.62. The Morgan fingerprint density at radius 3 is 1.68 bits per heavy atom. The molecular formula is C16H29N3O6. The normalized spacial score (nSPS) is 22.7. The van der Waals surface area contributed by atoms with E-state index in [1.54, 1.807) is 0 Å². The van der Waals surface area contributed by atoms with Crippen LogP contribution in [0.1, 0.15) is 26.2 Å². The molecule has 0 aliphatic carbocycles. The predicted molar refractivity (Wildman–Crippen MR) is 90.7 cm³/mol. The molecule has 0 aromatic carbocycles. The van der Waals surface area contributed by atoms with Gasteiger partial charge in [0, 0.05) is 19.1 Å². The summed E-state index contributed by atoms with van der Waals surface area (Å²) in [7, 11) is 0. The van der Waals surface area contributed by atoms with E-state index in [9.17, 15) is 14.4 Å². The minimum absolute atomic E-state index is 0.0137. The number of rotatable bonds is 6. The van der Waals surface area contributed by atoms with E-state index in [2.05, 4.69) is 0 Å². The number of aliphatic carboxylic acids is 3. The van der Waals surface area contributed by atoms with Gasteiger partial charge >= 0.3 is 17.9 Å². The Labute approximate surface area is 147 Å². The Balaban J connectivity index is 2.78. The average Bonchev–Trinajstić information content (AvgIpc) is 2.48. The van der Waals surface area contributed by atoms with Gasteiger partial charge in [0.1, 0.15) is 0 Å². The van der Waals surface area contributed by atoms with E-state index in [-0.39, 0.29) is 25.7 Å². The van der Waals surface area contributed by atoms with Crippen molar-refractivity contribution < 1.29 is 29.7 Å². The fourth-order valence-electron chi connectivity index (χ4n) is 3.12. The molecule has 1 unspecified atom stereocenters. The van der Waals surface area contributed by atoms with Gasteiger partial charge < -0.3 is 15.3 Å². The lowest BCUT2D eigenvalue weighted by atomic mass is 10.1. The van der Waals surface area contributed by atoms with E-state index in [4.69, 9.17) is 15.3 Å². The second kappa shape index (κ2) is 11.0. The third-order valence-corrected chi connectivity index (χ3v) is 4.41. The smallest absolute Gasteiger partial charge is 0.317 e. The van der Waals surface area contributed by atoms with Gasteiger partial charge in [0.05, 0.1) is 19.6 Å². The summed E-state index contributed by atoms with van der Waals surface area (Å²) in [6.45, 7) is 4.63. The first-order chi connectivity index (χ1) is 11.8. The molecule has 1 saturated heterocycles. The first-order valence-electron chi connectivity index (χ1n) is 8.62. The van der Waals surface area contributed by atoms with Crippen molar-refractivity contribution in [3.05, 3.63) is 0 Å². The highest BCUT2D eigenvalue weighted by atomic mass is 16.4. The molecule has 144 valence electrons. The van der Waals surface area contributed by atoms with E-state index in [1.165, 1.54) is 0 Å². The zero-order valence-corrected chi connectivity index (χ0v) is 14.8. The lowest BCUT2D eigenvalue weighted by Crippen LogP contribution is -2.43. The average molecular weight is 359 g/mol. The Kier molecular flexibility index (Phi) is 9.40. The Bertz CT molecular complexity index is 459. The SMILES string of the molecule is CC1CCN(CC(=O)O)CCCN(CC(=O)O)CCCN1CC(=O)O. The molecule has 1 heterocycles. The molecule has 3 N–H and O–H groups in total. The van der Waals surface area contributed by atoms with Crippen LogP contribution >= 0.6 is 0 Å².